The van der Waals surface area contributed by atoms with Crippen molar-refractivity contribution >= 4 is 31.4 Å². The average molecular weight is 563 g/mol. The van der Waals surface area contributed by atoms with Gasteiger partial charge in [-0.15, -0.1) is 0 Å². The topological polar surface area (TPSA) is 161 Å². The lowest BCUT2D eigenvalue weighted by Gasteiger charge is -2.22. The quantitative estimate of drug-likeness (QED) is 0.237. The number of nitro groups is 2. The summed E-state index contributed by atoms with van der Waals surface area (Å²) in [5.74, 6) is 0. The number of nitrogens with zero attached hydrogens (tertiary/aromatic N) is 4. The summed E-state index contributed by atoms with van der Waals surface area (Å²) in [7, 11) is -8.34. The van der Waals surface area contributed by atoms with Crippen LogP contribution in [-0.2, 0) is 33.1 Å². The predicted molar refractivity (Wildman–Crippen MR) is 139 cm³/mol. The van der Waals surface area contributed by atoms with E-state index in [1.165, 1.54) is 36.4 Å². The van der Waals surface area contributed by atoms with E-state index in [9.17, 15) is 37.1 Å². The molecule has 0 aromatic heterocycles. The van der Waals surface area contributed by atoms with Gasteiger partial charge in [-0.05, 0) is 23.3 Å². The fraction of sp³-hybridized carbons (Fsp3) is 0.250. The molecule has 0 aliphatic heterocycles. The monoisotopic (exact) mass is 562 g/mol. The Balaban J connectivity index is 1.82. The molecule has 0 saturated heterocycles. The number of nitro benzene ring substituents is 2. The van der Waals surface area contributed by atoms with Gasteiger partial charge in [-0.25, -0.2) is 16.8 Å². The van der Waals surface area contributed by atoms with Gasteiger partial charge in [-0.1, -0.05) is 62.4 Å². The van der Waals surface area contributed by atoms with Crippen molar-refractivity contribution in [2.75, 3.05) is 13.1 Å². The first-order valence-electron chi connectivity index (χ1n) is 11.5. The van der Waals surface area contributed by atoms with E-state index in [2.05, 4.69) is 0 Å². The molecule has 3 rings (SSSR count). The molecule has 0 N–H and O–H groups in total. The Labute approximate surface area is 220 Å². The van der Waals surface area contributed by atoms with Crippen molar-refractivity contribution in [1.82, 2.24) is 8.61 Å². The zero-order valence-electron chi connectivity index (χ0n) is 20.6. The molecule has 3 aromatic rings. The highest BCUT2D eigenvalue weighted by atomic mass is 32.2. The lowest BCUT2D eigenvalue weighted by molar-refractivity contribution is -0.388. The van der Waals surface area contributed by atoms with Crippen LogP contribution in [0.5, 0.6) is 0 Å². The largest absolute Gasteiger partial charge is 0.289 e. The highest BCUT2D eigenvalue weighted by molar-refractivity contribution is 7.89. The Morgan fingerprint density at radius 2 is 0.921 bits per heavy atom. The molecule has 0 saturated carbocycles. The molecule has 38 heavy (non-hydrogen) atoms. The molecule has 14 heteroatoms. The highest BCUT2D eigenvalue weighted by Crippen LogP contribution is 2.29. The maximum Gasteiger partial charge on any atom is 0.289 e. The molecule has 12 nitrogen and oxygen atoms in total. The molecule has 0 aliphatic rings. The molecule has 202 valence electrons. The van der Waals surface area contributed by atoms with E-state index in [1.807, 2.05) is 0 Å². The van der Waals surface area contributed by atoms with Crippen LogP contribution < -0.4 is 0 Å². The van der Waals surface area contributed by atoms with Gasteiger partial charge in [0.05, 0.1) is 9.85 Å². The molecule has 0 spiro atoms. The third-order valence-corrected chi connectivity index (χ3v) is 9.74. The minimum absolute atomic E-state index is 0.0584. The van der Waals surface area contributed by atoms with Crippen LogP contribution in [0.1, 0.15) is 25.0 Å². The molecule has 0 atom stereocenters. The van der Waals surface area contributed by atoms with Crippen LogP contribution in [0, 0.1) is 20.2 Å². The van der Waals surface area contributed by atoms with E-state index in [0.29, 0.717) is 11.1 Å². The number of benzene rings is 3. The smallest absolute Gasteiger partial charge is 0.258 e. The molecule has 0 amide bonds. The molecule has 0 unspecified atom stereocenters. The molecule has 0 radical (unpaired) electrons. The number of rotatable bonds is 12. The summed E-state index contributed by atoms with van der Waals surface area (Å²) in [5.41, 5.74) is 0.145. The maximum atomic E-state index is 13.2. The van der Waals surface area contributed by atoms with E-state index in [4.69, 9.17) is 0 Å². The Bertz CT molecular complexity index is 1430. The van der Waals surface area contributed by atoms with E-state index < -0.39 is 51.1 Å². The second kappa shape index (κ2) is 11.8. The maximum absolute atomic E-state index is 13.2. The number of hydrogen-bond acceptors (Lipinski definition) is 8. The first kappa shape index (κ1) is 28.8. The first-order valence-corrected chi connectivity index (χ1v) is 14.4. The lowest BCUT2D eigenvalue weighted by Crippen LogP contribution is -2.31. The van der Waals surface area contributed by atoms with E-state index in [1.54, 1.807) is 38.1 Å². The summed E-state index contributed by atoms with van der Waals surface area (Å²) in [5, 5.41) is 22.7. The number of para-hydroxylation sites is 2. The van der Waals surface area contributed by atoms with Crippen molar-refractivity contribution in [3.05, 3.63) is 104 Å². The van der Waals surface area contributed by atoms with Crippen LogP contribution in [-0.4, -0.2) is 48.4 Å². The van der Waals surface area contributed by atoms with Gasteiger partial charge in [0.1, 0.15) is 0 Å². The van der Waals surface area contributed by atoms with Gasteiger partial charge in [-0.3, -0.25) is 20.2 Å². The summed E-state index contributed by atoms with van der Waals surface area (Å²) in [6, 6.07) is 16.8. The fourth-order valence-electron chi connectivity index (χ4n) is 3.82. The Kier molecular flexibility index (Phi) is 8.93. The van der Waals surface area contributed by atoms with E-state index in [-0.39, 0.29) is 26.2 Å². The van der Waals surface area contributed by atoms with Crippen molar-refractivity contribution < 1.29 is 26.7 Å². The van der Waals surface area contributed by atoms with Gasteiger partial charge in [-0.2, -0.15) is 8.61 Å². The van der Waals surface area contributed by atoms with E-state index >= 15 is 0 Å². The zero-order chi connectivity index (χ0) is 28.1. The Hall–Kier alpha value is -3.72. The second-order valence-corrected chi connectivity index (χ2v) is 11.9. The van der Waals surface area contributed by atoms with Gasteiger partial charge in [0.2, 0.25) is 20.0 Å². The van der Waals surface area contributed by atoms with Gasteiger partial charge in [0, 0.05) is 38.3 Å². The summed E-state index contributed by atoms with van der Waals surface area (Å²) >= 11 is 0. The fourth-order valence-corrected chi connectivity index (χ4v) is 7.01. The van der Waals surface area contributed by atoms with Gasteiger partial charge in [0.25, 0.3) is 11.4 Å². The third-order valence-electron chi connectivity index (χ3n) is 5.81. The van der Waals surface area contributed by atoms with Crippen LogP contribution >= 0.6 is 0 Å². The summed E-state index contributed by atoms with van der Waals surface area (Å²) in [6.45, 7) is 3.25. The van der Waals surface area contributed by atoms with Crippen LogP contribution in [0.2, 0.25) is 0 Å². The van der Waals surface area contributed by atoms with E-state index in [0.717, 1.165) is 20.7 Å². The van der Waals surface area contributed by atoms with Crippen LogP contribution in [0.15, 0.2) is 82.6 Å². The first-order chi connectivity index (χ1) is 17.9. The van der Waals surface area contributed by atoms with Crippen molar-refractivity contribution in [1.29, 1.82) is 0 Å². The molecule has 3 aromatic carbocycles. The van der Waals surface area contributed by atoms with Crippen molar-refractivity contribution in [3.8, 4) is 0 Å². The summed E-state index contributed by atoms with van der Waals surface area (Å²) in [4.78, 5) is 20.4. The SMILES string of the molecule is CCN(Cc1ccc(CN(CC)S(=O)(=O)c2ccccc2[N+](=O)[O-])cc1)S(=O)(=O)c1ccccc1[N+](=O)[O-]. The predicted octanol–water partition coefficient (Wildman–Crippen LogP) is 3.92. The minimum atomic E-state index is -4.17. The van der Waals surface area contributed by atoms with Crippen molar-refractivity contribution in [2.24, 2.45) is 0 Å². The Morgan fingerprint density at radius 1 is 0.605 bits per heavy atom. The summed E-state index contributed by atoms with van der Waals surface area (Å²) < 4.78 is 54.9. The third kappa shape index (κ3) is 6.05. The lowest BCUT2D eigenvalue weighted by atomic mass is 10.1. The van der Waals surface area contributed by atoms with Crippen molar-refractivity contribution in [3.63, 3.8) is 0 Å². The molecule has 0 heterocycles. The number of hydrogen-bond donors (Lipinski definition) is 0. The highest BCUT2D eigenvalue weighted by Gasteiger charge is 2.32. The number of sulfonamides is 2. The van der Waals surface area contributed by atoms with Crippen LogP contribution in [0.25, 0.3) is 0 Å². The summed E-state index contributed by atoms with van der Waals surface area (Å²) in [6.07, 6.45) is 0. The van der Waals surface area contributed by atoms with Crippen LogP contribution in [0.3, 0.4) is 0 Å². The molecular weight excluding hydrogens is 536 g/mol. The molecule has 0 aliphatic carbocycles. The normalized spacial score (nSPS) is 12.1. The zero-order valence-corrected chi connectivity index (χ0v) is 22.3. The molecular formula is C24H26N4O8S2. The second-order valence-electron chi connectivity index (χ2n) is 8.13. The van der Waals surface area contributed by atoms with Gasteiger partial charge < -0.3 is 0 Å². The molecule has 0 bridgehead atoms. The average Bonchev–Trinajstić information content (AvgIpc) is 2.90. The van der Waals surface area contributed by atoms with Gasteiger partial charge >= 0.3 is 0 Å². The van der Waals surface area contributed by atoms with Crippen LogP contribution in [0.4, 0.5) is 11.4 Å². The molecule has 0 fully saturated rings. The Morgan fingerprint density at radius 3 is 1.21 bits per heavy atom. The van der Waals surface area contributed by atoms with Gasteiger partial charge in [0.15, 0.2) is 9.79 Å². The standard InChI is InChI=1S/C24H26N4O8S2/c1-3-25(37(33,34)23-11-7-5-9-21(23)27(29)30)17-19-13-15-20(16-14-19)18-26(4-2)38(35,36)24-12-8-6-10-22(24)28(31)32/h5-16H,3-4,17-18H2,1-2H3. The van der Waals surface area contributed by atoms with Crippen molar-refractivity contribution in [2.45, 2.75) is 36.7 Å². The minimum Gasteiger partial charge on any atom is -0.258 e.